The van der Waals surface area contributed by atoms with Crippen molar-refractivity contribution in [2.45, 2.75) is 66.4 Å². The molecule has 4 N–H and O–H groups in total. The Labute approximate surface area is 159 Å². The van der Waals surface area contributed by atoms with Gasteiger partial charge in [-0.25, -0.2) is 9.78 Å². The second-order valence-electron chi connectivity index (χ2n) is 6.25. The number of aromatic nitrogens is 1. The van der Waals surface area contributed by atoms with Crippen molar-refractivity contribution in [2.24, 2.45) is 5.73 Å². The minimum absolute atomic E-state index is 0.292. The van der Waals surface area contributed by atoms with Gasteiger partial charge < -0.3 is 20.9 Å². The van der Waals surface area contributed by atoms with Crippen molar-refractivity contribution < 1.29 is 24.2 Å². The molecule has 0 spiro atoms. The molecule has 0 fully saturated rings. The predicted octanol–water partition coefficient (Wildman–Crippen LogP) is 3.21. The number of nitrogens with two attached hydrogens (primary N) is 1. The molecule has 0 aliphatic heterocycles. The van der Waals surface area contributed by atoms with Crippen LogP contribution in [0.5, 0.6) is 0 Å². The summed E-state index contributed by atoms with van der Waals surface area (Å²) in [6.45, 7) is 11.3. The monoisotopic (exact) mass is 389 g/mol. The number of thiazole rings is 1. The van der Waals surface area contributed by atoms with Gasteiger partial charge in [-0.2, -0.15) is 0 Å². The summed E-state index contributed by atoms with van der Waals surface area (Å²) in [5.74, 6) is -1.35. The normalized spacial score (nSPS) is 9.77. The number of hydrogen-bond acceptors (Lipinski definition) is 6. The van der Waals surface area contributed by atoms with Crippen molar-refractivity contribution in [2.75, 3.05) is 6.54 Å². The fourth-order valence-electron chi connectivity index (χ4n) is 1.28. The van der Waals surface area contributed by atoms with Crippen LogP contribution in [-0.2, 0) is 16.0 Å². The minimum atomic E-state index is -0.833. The van der Waals surface area contributed by atoms with E-state index in [0.717, 1.165) is 18.4 Å². The van der Waals surface area contributed by atoms with Crippen LogP contribution in [0, 0.1) is 0 Å². The molecule has 0 unspecified atom stereocenters. The van der Waals surface area contributed by atoms with Crippen LogP contribution in [0.2, 0.25) is 0 Å². The number of carbonyl (C=O) groups is 3. The molecule has 0 aliphatic carbocycles. The topological polar surface area (TPSA) is 132 Å². The maximum atomic E-state index is 11.4. The molecule has 2 amide bonds. The Hall–Kier alpha value is -2.16. The van der Waals surface area contributed by atoms with E-state index in [1.54, 1.807) is 5.38 Å². The van der Waals surface area contributed by atoms with Gasteiger partial charge in [-0.3, -0.25) is 9.59 Å². The molecule has 1 aromatic heterocycles. The van der Waals surface area contributed by atoms with Gasteiger partial charge in [0.2, 0.25) is 0 Å². The van der Waals surface area contributed by atoms with Gasteiger partial charge in [-0.15, -0.1) is 11.3 Å². The van der Waals surface area contributed by atoms with E-state index >= 15 is 0 Å². The summed E-state index contributed by atoms with van der Waals surface area (Å²) >= 11 is 1.39. The molecule has 26 heavy (non-hydrogen) atoms. The van der Waals surface area contributed by atoms with Crippen LogP contribution in [0.3, 0.4) is 0 Å². The van der Waals surface area contributed by atoms with Crippen LogP contribution in [0.25, 0.3) is 0 Å². The highest BCUT2D eigenvalue weighted by Gasteiger charge is 2.15. The average Bonchev–Trinajstić information content (AvgIpc) is 2.91. The van der Waals surface area contributed by atoms with E-state index < -0.39 is 23.6 Å². The minimum Gasteiger partial charge on any atom is -0.481 e. The number of rotatable bonds is 5. The molecule has 1 aromatic rings. The lowest BCUT2D eigenvalue weighted by molar-refractivity contribution is -0.134. The summed E-state index contributed by atoms with van der Waals surface area (Å²) in [6, 6.07) is 0. The third kappa shape index (κ3) is 18.2. The van der Waals surface area contributed by atoms with Crippen molar-refractivity contribution in [3.8, 4) is 0 Å². The third-order valence-electron chi connectivity index (χ3n) is 2.04. The summed E-state index contributed by atoms with van der Waals surface area (Å²) in [5.41, 5.74) is 4.91. The van der Waals surface area contributed by atoms with Crippen molar-refractivity contribution >= 4 is 29.3 Å². The summed E-state index contributed by atoms with van der Waals surface area (Å²) in [7, 11) is 0. The highest BCUT2D eigenvalue weighted by molar-refractivity contribution is 7.09. The molecule has 0 bridgehead atoms. The summed E-state index contributed by atoms with van der Waals surface area (Å²) < 4.78 is 5.10. The second kappa shape index (κ2) is 14.1. The molecule has 1 heterocycles. The number of aliphatic carboxylic acids is 1. The molecule has 9 heteroatoms. The maximum Gasteiger partial charge on any atom is 0.407 e. The zero-order valence-electron chi connectivity index (χ0n) is 16.4. The number of primary amides is 1. The first kappa shape index (κ1) is 26.1. The Morgan fingerprint density at radius 3 is 2.19 bits per heavy atom. The Kier molecular flexibility index (Phi) is 14.1. The van der Waals surface area contributed by atoms with Crippen molar-refractivity contribution in [1.29, 1.82) is 0 Å². The molecular weight excluding hydrogens is 358 g/mol. The summed E-state index contributed by atoms with van der Waals surface area (Å²) in [6.07, 6.45) is 2.24. The smallest absolute Gasteiger partial charge is 0.407 e. The van der Waals surface area contributed by atoms with E-state index in [1.807, 2.05) is 20.8 Å². The molecule has 0 radical (unpaired) electrons. The van der Waals surface area contributed by atoms with E-state index in [4.69, 9.17) is 20.4 Å². The van der Waals surface area contributed by atoms with Gasteiger partial charge in [0.05, 0.1) is 5.01 Å². The number of aryl methyl sites for hydroxylation is 1. The quantitative estimate of drug-likeness (QED) is 0.663. The zero-order valence-corrected chi connectivity index (χ0v) is 17.2. The largest absolute Gasteiger partial charge is 0.481 e. The first-order valence-electron chi connectivity index (χ1n) is 8.33. The molecule has 1 rings (SSSR count). The molecular formula is C17H31N3O5S. The number of amides is 2. The van der Waals surface area contributed by atoms with E-state index in [1.165, 1.54) is 17.8 Å². The lowest BCUT2D eigenvalue weighted by Gasteiger charge is -2.19. The molecule has 0 saturated carbocycles. The van der Waals surface area contributed by atoms with Crippen LogP contribution in [0.1, 0.15) is 69.9 Å². The van der Waals surface area contributed by atoms with E-state index in [9.17, 15) is 9.59 Å². The third-order valence-corrected chi connectivity index (χ3v) is 2.95. The van der Waals surface area contributed by atoms with Gasteiger partial charge >= 0.3 is 6.09 Å². The van der Waals surface area contributed by atoms with Gasteiger partial charge in [-0.05, 0) is 27.2 Å². The average molecular weight is 390 g/mol. The maximum absolute atomic E-state index is 11.4. The van der Waals surface area contributed by atoms with E-state index in [0.29, 0.717) is 18.7 Å². The Balaban J connectivity index is 0. The first-order chi connectivity index (χ1) is 11.9. The van der Waals surface area contributed by atoms with Crippen molar-refractivity contribution in [3.63, 3.8) is 0 Å². The Morgan fingerprint density at radius 1 is 1.31 bits per heavy atom. The Morgan fingerprint density at radius 2 is 1.81 bits per heavy atom. The van der Waals surface area contributed by atoms with Crippen LogP contribution in [0.15, 0.2) is 5.38 Å². The fourth-order valence-corrected chi connectivity index (χ4v) is 2.11. The number of carboxylic acids is 1. The van der Waals surface area contributed by atoms with Crippen molar-refractivity contribution in [3.05, 3.63) is 16.1 Å². The fraction of sp³-hybridized carbons (Fsp3) is 0.647. The van der Waals surface area contributed by atoms with Crippen LogP contribution in [0.4, 0.5) is 4.79 Å². The standard InChI is InChI=1S/C12H19N3O3S.C3H8.C2H4O2/c1-12(2,3)18-11(17)14-6-4-5-9-15-8(7-19-9)10(13)16;1-3-2;1-2(3)4/h7H,4-6H2,1-3H3,(H2,13,16)(H,14,17);3H2,1-2H3;1H3,(H,3,4). The molecule has 8 nitrogen and oxygen atoms in total. The summed E-state index contributed by atoms with van der Waals surface area (Å²) in [5, 5.41) is 12.6. The number of carbonyl (C=O) groups excluding carboxylic acids is 2. The van der Waals surface area contributed by atoms with Gasteiger partial charge in [-0.1, -0.05) is 20.3 Å². The zero-order chi connectivity index (χ0) is 20.8. The number of hydrogen-bond donors (Lipinski definition) is 3. The van der Waals surface area contributed by atoms with Gasteiger partial charge in [0.25, 0.3) is 11.9 Å². The molecule has 0 aliphatic rings. The van der Waals surface area contributed by atoms with Crippen LogP contribution in [-0.4, -0.2) is 40.2 Å². The predicted molar refractivity (Wildman–Crippen MR) is 102 cm³/mol. The number of nitrogens with one attached hydrogen (secondary N) is 1. The highest BCUT2D eigenvalue weighted by atomic mass is 32.1. The first-order valence-corrected chi connectivity index (χ1v) is 9.21. The van der Waals surface area contributed by atoms with Crippen molar-refractivity contribution in [1.82, 2.24) is 10.3 Å². The number of carboxylic acid groups (broad SMARTS) is 1. The van der Waals surface area contributed by atoms with Crippen LogP contribution < -0.4 is 11.1 Å². The lowest BCUT2D eigenvalue weighted by Crippen LogP contribution is -2.33. The van der Waals surface area contributed by atoms with Gasteiger partial charge in [0.1, 0.15) is 11.3 Å². The summed E-state index contributed by atoms with van der Waals surface area (Å²) in [4.78, 5) is 35.3. The van der Waals surface area contributed by atoms with Crippen LogP contribution >= 0.6 is 11.3 Å². The highest BCUT2D eigenvalue weighted by Crippen LogP contribution is 2.11. The van der Waals surface area contributed by atoms with E-state index in [2.05, 4.69) is 24.1 Å². The molecule has 0 aromatic carbocycles. The molecule has 0 saturated heterocycles. The number of nitrogens with zero attached hydrogens (tertiary/aromatic N) is 1. The lowest BCUT2D eigenvalue weighted by atomic mass is 10.2. The molecule has 150 valence electrons. The number of ether oxygens (including phenoxy) is 1. The number of alkyl carbamates (subject to hydrolysis) is 1. The van der Waals surface area contributed by atoms with E-state index in [-0.39, 0.29) is 0 Å². The second-order valence-corrected chi connectivity index (χ2v) is 7.19. The molecule has 0 atom stereocenters. The Bertz CT molecular complexity index is 549. The van der Waals surface area contributed by atoms with Gasteiger partial charge in [0.15, 0.2) is 0 Å². The van der Waals surface area contributed by atoms with Gasteiger partial charge in [0, 0.05) is 25.3 Å². The SMILES string of the molecule is CC(=O)O.CC(C)(C)OC(=O)NCCCc1nc(C(N)=O)cs1.CCC.